The molecule has 29 heavy (non-hydrogen) atoms. The van der Waals surface area contributed by atoms with E-state index in [0.717, 1.165) is 23.3 Å². The summed E-state index contributed by atoms with van der Waals surface area (Å²) < 4.78 is 18.9. The van der Waals surface area contributed by atoms with E-state index in [4.69, 9.17) is 4.74 Å². The Hall–Kier alpha value is -2.95. The molecule has 1 aliphatic heterocycles. The number of hydrogen-bond donors (Lipinski definition) is 1. The molecule has 0 aromatic heterocycles. The van der Waals surface area contributed by atoms with Crippen LogP contribution in [0, 0.1) is 5.82 Å². The smallest absolute Gasteiger partial charge is 0.225 e. The van der Waals surface area contributed by atoms with Gasteiger partial charge >= 0.3 is 0 Å². The Morgan fingerprint density at radius 3 is 2.34 bits per heavy atom. The number of allylic oxidation sites excluding steroid dienone is 2. The highest BCUT2D eigenvalue weighted by atomic mass is 19.1. The number of Topliss-reactive ketones (excluding diaryl/α,β-unsaturated/α-hetero) is 1. The monoisotopic (exact) mass is 393 g/mol. The molecule has 0 saturated carbocycles. The SMILES string of the molecule is CCCOc1ccc([C@H]2CC(=O)NC3=C2C(=O)C[C@H](c2ccc(F)cc2)C3)cc1. The maximum absolute atomic E-state index is 13.2. The van der Waals surface area contributed by atoms with Crippen LogP contribution in [0.4, 0.5) is 4.39 Å². The third-order valence-corrected chi connectivity index (χ3v) is 5.63. The molecule has 0 spiro atoms. The normalized spacial score (nSPS) is 21.6. The van der Waals surface area contributed by atoms with Crippen LogP contribution in [0.15, 0.2) is 59.8 Å². The summed E-state index contributed by atoms with van der Waals surface area (Å²) in [5, 5.41) is 2.92. The first-order valence-electron chi connectivity index (χ1n) is 10.1. The lowest BCUT2D eigenvalue weighted by Gasteiger charge is -2.34. The van der Waals surface area contributed by atoms with Gasteiger partial charge in [-0.25, -0.2) is 4.39 Å². The molecule has 0 unspecified atom stereocenters. The van der Waals surface area contributed by atoms with E-state index in [0.29, 0.717) is 30.7 Å². The lowest BCUT2D eigenvalue weighted by atomic mass is 9.73. The highest BCUT2D eigenvalue weighted by Gasteiger charge is 2.38. The number of carbonyl (C=O) groups excluding carboxylic acids is 2. The first-order chi connectivity index (χ1) is 14.0. The van der Waals surface area contributed by atoms with Crippen LogP contribution >= 0.6 is 0 Å². The van der Waals surface area contributed by atoms with Gasteiger partial charge in [0.15, 0.2) is 5.78 Å². The second kappa shape index (κ2) is 8.19. The molecule has 150 valence electrons. The standard InChI is InChI=1S/C24H24FNO3/c1-2-11-29-19-9-5-16(6-10-19)20-14-23(28)26-21-12-17(13-22(27)24(20)21)15-3-7-18(25)8-4-15/h3-10,17,20H,2,11-14H2,1H3,(H,26,28)/t17-,20-/m1/s1. The van der Waals surface area contributed by atoms with Gasteiger partial charge in [-0.2, -0.15) is 0 Å². The summed E-state index contributed by atoms with van der Waals surface area (Å²) in [6, 6.07) is 13.9. The number of hydrogen-bond acceptors (Lipinski definition) is 3. The molecule has 0 bridgehead atoms. The molecule has 0 radical (unpaired) electrons. The van der Waals surface area contributed by atoms with Crippen molar-refractivity contribution in [1.29, 1.82) is 0 Å². The number of nitrogens with one attached hydrogen (secondary N) is 1. The fourth-order valence-electron chi connectivity index (χ4n) is 4.23. The minimum Gasteiger partial charge on any atom is -0.494 e. The van der Waals surface area contributed by atoms with Crippen LogP contribution in [-0.2, 0) is 9.59 Å². The van der Waals surface area contributed by atoms with Crippen molar-refractivity contribution in [2.75, 3.05) is 6.61 Å². The van der Waals surface area contributed by atoms with Gasteiger partial charge in [-0.15, -0.1) is 0 Å². The Kier molecular flexibility index (Phi) is 5.47. The van der Waals surface area contributed by atoms with Gasteiger partial charge in [0.25, 0.3) is 0 Å². The van der Waals surface area contributed by atoms with Gasteiger partial charge in [-0.05, 0) is 54.2 Å². The molecule has 1 aliphatic carbocycles. The zero-order valence-corrected chi connectivity index (χ0v) is 16.4. The largest absolute Gasteiger partial charge is 0.494 e. The second-order valence-electron chi connectivity index (χ2n) is 7.69. The molecule has 0 saturated heterocycles. The molecular formula is C24H24FNO3. The molecule has 2 aliphatic rings. The van der Waals surface area contributed by atoms with E-state index in [2.05, 4.69) is 12.2 Å². The molecule has 2 atom stereocenters. The summed E-state index contributed by atoms with van der Waals surface area (Å²) in [4.78, 5) is 25.4. The Balaban J connectivity index is 1.62. The van der Waals surface area contributed by atoms with Crippen molar-refractivity contribution in [3.05, 3.63) is 76.7 Å². The van der Waals surface area contributed by atoms with Crippen molar-refractivity contribution in [2.24, 2.45) is 0 Å². The molecular weight excluding hydrogens is 369 g/mol. The Labute approximate surface area is 169 Å². The van der Waals surface area contributed by atoms with Gasteiger partial charge in [-0.1, -0.05) is 31.2 Å². The molecule has 1 N–H and O–H groups in total. The zero-order chi connectivity index (χ0) is 20.4. The molecule has 1 amide bonds. The van der Waals surface area contributed by atoms with Crippen LogP contribution in [0.3, 0.4) is 0 Å². The summed E-state index contributed by atoms with van der Waals surface area (Å²) in [6.07, 6.45) is 2.15. The summed E-state index contributed by atoms with van der Waals surface area (Å²) in [6.45, 7) is 2.71. The van der Waals surface area contributed by atoms with Crippen LogP contribution < -0.4 is 10.1 Å². The van der Waals surface area contributed by atoms with E-state index < -0.39 is 0 Å². The lowest BCUT2D eigenvalue weighted by molar-refractivity contribution is -0.122. The number of ether oxygens (including phenoxy) is 1. The van der Waals surface area contributed by atoms with E-state index in [1.165, 1.54) is 12.1 Å². The number of rotatable bonds is 5. The van der Waals surface area contributed by atoms with Crippen LogP contribution in [0.25, 0.3) is 0 Å². The zero-order valence-electron chi connectivity index (χ0n) is 16.4. The molecule has 4 nitrogen and oxygen atoms in total. The van der Waals surface area contributed by atoms with Gasteiger partial charge in [0.2, 0.25) is 5.91 Å². The average molecular weight is 393 g/mol. The number of ketones is 1. The highest BCUT2D eigenvalue weighted by molar-refractivity contribution is 6.02. The van der Waals surface area contributed by atoms with Crippen molar-refractivity contribution >= 4 is 11.7 Å². The number of benzene rings is 2. The van der Waals surface area contributed by atoms with Crippen molar-refractivity contribution in [3.8, 4) is 5.75 Å². The van der Waals surface area contributed by atoms with Crippen LogP contribution in [0.2, 0.25) is 0 Å². The Morgan fingerprint density at radius 2 is 1.66 bits per heavy atom. The van der Waals surface area contributed by atoms with Crippen molar-refractivity contribution < 1.29 is 18.7 Å². The minimum atomic E-state index is -0.298. The fourth-order valence-corrected chi connectivity index (χ4v) is 4.23. The Bertz CT molecular complexity index is 947. The summed E-state index contributed by atoms with van der Waals surface area (Å²) in [5.74, 6) is 0.181. The van der Waals surface area contributed by atoms with E-state index in [1.807, 2.05) is 24.3 Å². The molecule has 0 fully saturated rings. The lowest BCUT2D eigenvalue weighted by Crippen LogP contribution is -2.38. The summed E-state index contributed by atoms with van der Waals surface area (Å²) in [5.41, 5.74) is 3.29. The fraction of sp³-hybridized carbons (Fsp3) is 0.333. The van der Waals surface area contributed by atoms with Crippen LogP contribution in [-0.4, -0.2) is 18.3 Å². The third-order valence-electron chi connectivity index (χ3n) is 5.63. The van der Waals surface area contributed by atoms with Gasteiger partial charge in [0, 0.05) is 30.0 Å². The van der Waals surface area contributed by atoms with E-state index >= 15 is 0 Å². The summed E-state index contributed by atoms with van der Waals surface area (Å²) >= 11 is 0. The Morgan fingerprint density at radius 1 is 0.966 bits per heavy atom. The topological polar surface area (TPSA) is 55.4 Å². The number of halogens is 1. The second-order valence-corrected chi connectivity index (χ2v) is 7.69. The first-order valence-corrected chi connectivity index (χ1v) is 10.1. The third kappa shape index (κ3) is 4.09. The van der Waals surface area contributed by atoms with Crippen LogP contribution in [0.1, 0.15) is 55.6 Å². The molecule has 2 aromatic rings. The molecule has 4 rings (SSSR count). The molecule has 2 aromatic carbocycles. The minimum absolute atomic E-state index is 0.0503. The highest BCUT2D eigenvalue weighted by Crippen LogP contribution is 2.42. The van der Waals surface area contributed by atoms with Gasteiger partial charge in [-0.3, -0.25) is 9.59 Å². The number of carbonyl (C=O) groups is 2. The average Bonchev–Trinajstić information content (AvgIpc) is 2.72. The van der Waals surface area contributed by atoms with Crippen molar-refractivity contribution in [1.82, 2.24) is 5.32 Å². The molecule has 1 heterocycles. The van der Waals surface area contributed by atoms with Crippen molar-refractivity contribution in [3.63, 3.8) is 0 Å². The van der Waals surface area contributed by atoms with E-state index in [9.17, 15) is 14.0 Å². The van der Waals surface area contributed by atoms with E-state index in [1.54, 1.807) is 12.1 Å². The maximum atomic E-state index is 13.2. The summed E-state index contributed by atoms with van der Waals surface area (Å²) in [7, 11) is 0. The maximum Gasteiger partial charge on any atom is 0.225 e. The first kappa shape index (κ1) is 19.4. The predicted octanol–water partition coefficient (Wildman–Crippen LogP) is 4.62. The van der Waals surface area contributed by atoms with Gasteiger partial charge in [0.05, 0.1) is 6.61 Å². The quantitative estimate of drug-likeness (QED) is 0.807. The van der Waals surface area contributed by atoms with Gasteiger partial charge in [0.1, 0.15) is 11.6 Å². The predicted molar refractivity (Wildman–Crippen MR) is 108 cm³/mol. The van der Waals surface area contributed by atoms with Gasteiger partial charge < -0.3 is 10.1 Å². The van der Waals surface area contributed by atoms with E-state index in [-0.39, 0.29) is 35.8 Å². The number of amides is 1. The van der Waals surface area contributed by atoms with Crippen molar-refractivity contribution in [2.45, 2.75) is 44.4 Å². The van der Waals surface area contributed by atoms with Crippen LogP contribution in [0.5, 0.6) is 5.75 Å². The molecule has 5 heteroatoms.